The number of anilines is 1. The number of rotatable bonds is 6. The van der Waals surface area contributed by atoms with Gasteiger partial charge < -0.3 is 10.1 Å². The second-order valence-electron chi connectivity index (χ2n) is 7.86. The minimum absolute atomic E-state index is 0.163. The van der Waals surface area contributed by atoms with Gasteiger partial charge in [-0.1, -0.05) is 36.6 Å². The number of nitrogens with one attached hydrogen (secondary N) is 1. The van der Waals surface area contributed by atoms with Crippen molar-refractivity contribution < 1.29 is 13.2 Å². The summed E-state index contributed by atoms with van der Waals surface area (Å²) in [6.45, 7) is 0.832. The number of sulfonamides is 1. The number of methoxy groups -OCH3 is 1. The lowest BCUT2D eigenvalue weighted by Gasteiger charge is -2.13. The third kappa shape index (κ3) is 3.49. The molecule has 2 saturated carbocycles. The molecule has 28 heavy (non-hydrogen) atoms. The highest BCUT2D eigenvalue weighted by atomic mass is 35.5. The largest absolute Gasteiger partial charge is 0.495 e. The Morgan fingerprint density at radius 3 is 2.46 bits per heavy atom. The number of benzene rings is 2. The minimum atomic E-state index is -3.66. The van der Waals surface area contributed by atoms with Crippen LogP contribution < -0.4 is 15.2 Å². The van der Waals surface area contributed by atoms with Crippen molar-refractivity contribution >= 4 is 27.3 Å². The summed E-state index contributed by atoms with van der Waals surface area (Å²) in [5.74, 6) is 1.71. The lowest BCUT2D eigenvalue weighted by Crippen LogP contribution is -2.11. The van der Waals surface area contributed by atoms with Crippen LogP contribution in [0.1, 0.15) is 37.2 Å². The van der Waals surface area contributed by atoms with Crippen LogP contribution in [0.25, 0.3) is 0 Å². The van der Waals surface area contributed by atoms with Gasteiger partial charge in [0, 0.05) is 11.6 Å². The summed E-state index contributed by atoms with van der Waals surface area (Å²) in [5, 5.41) is 9.43. The lowest BCUT2D eigenvalue weighted by molar-refractivity contribution is 0.416. The zero-order valence-corrected chi connectivity index (χ0v) is 17.4. The molecule has 2 atom stereocenters. The Morgan fingerprint density at radius 1 is 1.18 bits per heavy atom. The van der Waals surface area contributed by atoms with Gasteiger partial charge >= 0.3 is 0 Å². The van der Waals surface area contributed by atoms with Crippen LogP contribution in [-0.2, 0) is 10.0 Å². The van der Waals surface area contributed by atoms with E-state index in [1.54, 1.807) is 19.2 Å². The fraction of sp³-hybridized carbons (Fsp3) is 0.429. The summed E-state index contributed by atoms with van der Waals surface area (Å²) in [6.07, 6.45) is 4.94. The van der Waals surface area contributed by atoms with Crippen LogP contribution in [0.5, 0.6) is 5.75 Å². The molecule has 150 valence electrons. The van der Waals surface area contributed by atoms with Gasteiger partial charge in [-0.15, -0.1) is 0 Å². The first-order chi connectivity index (χ1) is 13.3. The van der Waals surface area contributed by atoms with Gasteiger partial charge in [0.05, 0.1) is 17.7 Å². The first-order valence-corrected chi connectivity index (χ1v) is 11.5. The summed E-state index contributed by atoms with van der Waals surface area (Å²) in [4.78, 5) is 0.163. The van der Waals surface area contributed by atoms with Crippen molar-refractivity contribution in [3.05, 3.63) is 53.1 Å². The topological polar surface area (TPSA) is 81.4 Å². The molecule has 0 bridgehead atoms. The predicted molar refractivity (Wildman–Crippen MR) is 111 cm³/mol. The highest BCUT2D eigenvalue weighted by molar-refractivity contribution is 7.89. The van der Waals surface area contributed by atoms with Crippen molar-refractivity contribution in [3.8, 4) is 5.75 Å². The van der Waals surface area contributed by atoms with Gasteiger partial charge in [0.1, 0.15) is 5.75 Å². The molecular formula is C21H25ClN2O3S. The van der Waals surface area contributed by atoms with Crippen LogP contribution in [0.15, 0.2) is 47.4 Å². The van der Waals surface area contributed by atoms with Crippen LogP contribution in [-0.4, -0.2) is 22.1 Å². The molecule has 0 saturated heterocycles. The van der Waals surface area contributed by atoms with Crippen molar-refractivity contribution in [3.63, 3.8) is 0 Å². The molecule has 2 aromatic carbocycles. The molecule has 2 fully saturated rings. The first-order valence-electron chi connectivity index (χ1n) is 9.55. The van der Waals surface area contributed by atoms with Crippen molar-refractivity contribution in [2.45, 2.75) is 36.5 Å². The summed E-state index contributed by atoms with van der Waals surface area (Å²) in [5.41, 5.74) is 2.40. The van der Waals surface area contributed by atoms with Crippen LogP contribution in [0.4, 0.5) is 5.69 Å². The Labute approximate surface area is 171 Å². The highest BCUT2D eigenvalue weighted by Gasteiger charge is 2.64. The van der Waals surface area contributed by atoms with Crippen LogP contribution in [0.3, 0.4) is 0 Å². The molecule has 0 amide bonds. The predicted octanol–water partition coefficient (Wildman–Crippen LogP) is 4.38. The van der Waals surface area contributed by atoms with Crippen molar-refractivity contribution in [1.29, 1.82) is 0 Å². The van der Waals surface area contributed by atoms with Crippen LogP contribution in [0.2, 0.25) is 5.02 Å². The first kappa shape index (κ1) is 19.6. The standard InChI is InChI=1S/C21H25ClN2O3S/c1-27-19-9-6-15(22)12-18(19)24-13-17-20(21(17)10-2-3-11-21)14-4-7-16(8-5-14)28(23,25)26/h4-9,12,17,20,24H,2-3,10-11,13H2,1H3,(H2,23,25,26)/t17-,20-/m0/s1. The fourth-order valence-corrected chi connectivity index (χ4v) is 5.77. The Hall–Kier alpha value is -1.76. The summed E-state index contributed by atoms with van der Waals surface area (Å²) in [7, 11) is -2.01. The van der Waals surface area contributed by atoms with Crippen molar-refractivity contribution in [1.82, 2.24) is 0 Å². The molecule has 0 aromatic heterocycles. The van der Waals surface area contributed by atoms with Gasteiger partial charge in [0.25, 0.3) is 0 Å². The van der Waals surface area contributed by atoms with Crippen molar-refractivity contribution in [2.75, 3.05) is 19.0 Å². The molecule has 7 heteroatoms. The summed E-state index contributed by atoms with van der Waals surface area (Å²) >= 11 is 6.15. The maximum atomic E-state index is 11.5. The average Bonchev–Trinajstić information content (AvgIpc) is 3.00. The Balaban J connectivity index is 1.54. The monoisotopic (exact) mass is 420 g/mol. The van der Waals surface area contributed by atoms with Crippen LogP contribution in [0, 0.1) is 11.3 Å². The fourth-order valence-electron chi connectivity index (χ4n) is 5.08. The van der Waals surface area contributed by atoms with E-state index in [-0.39, 0.29) is 4.90 Å². The number of ether oxygens (including phenoxy) is 1. The van der Waals surface area contributed by atoms with E-state index in [4.69, 9.17) is 21.5 Å². The third-order valence-corrected chi connectivity index (χ3v) is 7.59. The van der Waals surface area contributed by atoms with E-state index in [0.29, 0.717) is 22.3 Å². The normalized spacial score (nSPS) is 23.0. The Kier molecular flexibility index (Phi) is 5.06. The van der Waals surface area contributed by atoms with E-state index in [1.807, 2.05) is 30.3 Å². The Bertz CT molecular complexity index is 970. The second kappa shape index (κ2) is 7.25. The van der Waals surface area contributed by atoms with Gasteiger partial charge in [-0.05, 0) is 66.0 Å². The molecule has 4 rings (SSSR count). The van der Waals surface area contributed by atoms with E-state index in [9.17, 15) is 8.42 Å². The number of hydrogen-bond donors (Lipinski definition) is 2. The third-order valence-electron chi connectivity index (χ3n) is 6.43. The molecule has 5 nitrogen and oxygen atoms in total. The molecule has 2 aliphatic rings. The summed E-state index contributed by atoms with van der Waals surface area (Å²) in [6, 6.07) is 12.7. The highest BCUT2D eigenvalue weighted by Crippen LogP contribution is 2.72. The smallest absolute Gasteiger partial charge is 0.238 e. The molecule has 0 heterocycles. The van der Waals surface area contributed by atoms with Gasteiger partial charge in [-0.3, -0.25) is 0 Å². The molecule has 2 aromatic rings. The zero-order chi connectivity index (χ0) is 19.9. The van der Waals surface area contributed by atoms with E-state index in [2.05, 4.69) is 5.32 Å². The van der Waals surface area contributed by atoms with E-state index in [0.717, 1.165) is 18.0 Å². The number of halogens is 1. The van der Waals surface area contributed by atoms with Gasteiger partial charge in [-0.25, -0.2) is 13.6 Å². The van der Waals surface area contributed by atoms with E-state index in [1.165, 1.54) is 31.2 Å². The van der Waals surface area contributed by atoms with Gasteiger partial charge in [0.2, 0.25) is 10.0 Å². The number of nitrogens with two attached hydrogens (primary N) is 1. The van der Waals surface area contributed by atoms with Gasteiger partial charge in [-0.2, -0.15) is 0 Å². The molecule has 0 aliphatic heterocycles. The molecule has 0 unspecified atom stereocenters. The summed E-state index contributed by atoms with van der Waals surface area (Å²) < 4.78 is 28.5. The molecule has 3 N–H and O–H groups in total. The van der Waals surface area contributed by atoms with E-state index >= 15 is 0 Å². The minimum Gasteiger partial charge on any atom is -0.495 e. The SMILES string of the molecule is COc1ccc(Cl)cc1NC[C@H]1[C@H](c2ccc(S(N)(=O)=O)cc2)C12CCCC2. The number of primary sulfonamides is 1. The lowest BCUT2D eigenvalue weighted by atomic mass is 9.97. The molecule has 0 radical (unpaired) electrons. The molecule has 2 aliphatic carbocycles. The van der Waals surface area contributed by atoms with Gasteiger partial charge in [0.15, 0.2) is 0 Å². The Morgan fingerprint density at radius 2 is 1.86 bits per heavy atom. The van der Waals surface area contributed by atoms with E-state index < -0.39 is 10.0 Å². The maximum absolute atomic E-state index is 11.5. The zero-order valence-electron chi connectivity index (χ0n) is 15.8. The average molecular weight is 421 g/mol. The second-order valence-corrected chi connectivity index (χ2v) is 9.86. The number of hydrogen-bond acceptors (Lipinski definition) is 4. The molecular weight excluding hydrogens is 396 g/mol. The quantitative estimate of drug-likeness (QED) is 0.726. The molecule has 1 spiro atoms. The maximum Gasteiger partial charge on any atom is 0.238 e. The van der Waals surface area contributed by atoms with Crippen LogP contribution >= 0.6 is 11.6 Å². The van der Waals surface area contributed by atoms with Crippen molar-refractivity contribution in [2.24, 2.45) is 16.5 Å².